The number of nitrogens with zero attached hydrogens (tertiary/aromatic N) is 2. The first-order valence-electron chi connectivity index (χ1n) is 7.88. The van der Waals surface area contributed by atoms with Crippen molar-refractivity contribution < 1.29 is 9.59 Å². The molecule has 0 aromatic heterocycles. The molecule has 3 rings (SSSR count). The van der Waals surface area contributed by atoms with Crippen molar-refractivity contribution in [1.82, 2.24) is 4.90 Å². The second kappa shape index (κ2) is 5.72. The van der Waals surface area contributed by atoms with E-state index in [1.165, 1.54) is 0 Å². The van der Waals surface area contributed by atoms with Crippen molar-refractivity contribution >= 4 is 17.5 Å². The molecule has 0 spiro atoms. The fourth-order valence-electron chi connectivity index (χ4n) is 3.31. The first-order valence-corrected chi connectivity index (χ1v) is 7.88. The van der Waals surface area contributed by atoms with Crippen molar-refractivity contribution in [2.45, 2.75) is 26.2 Å². The third-order valence-electron chi connectivity index (χ3n) is 4.89. The number of carbonyl (C=O) groups is 2. The van der Waals surface area contributed by atoms with Crippen LogP contribution < -0.4 is 10.6 Å². The van der Waals surface area contributed by atoms with E-state index in [0.717, 1.165) is 30.6 Å². The lowest BCUT2D eigenvalue weighted by Crippen LogP contribution is -2.45. The molecular weight excluding hydrogens is 278 g/mol. The van der Waals surface area contributed by atoms with Crippen molar-refractivity contribution in [3.8, 4) is 0 Å². The molecule has 1 unspecified atom stereocenters. The summed E-state index contributed by atoms with van der Waals surface area (Å²) in [4.78, 5) is 28.3. The first-order chi connectivity index (χ1) is 10.5. The molecule has 1 aromatic carbocycles. The van der Waals surface area contributed by atoms with E-state index >= 15 is 0 Å². The van der Waals surface area contributed by atoms with Gasteiger partial charge in [0, 0.05) is 25.2 Å². The smallest absolute Gasteiger partial charge is 0.242 e. The van der Waals surface area contributed by atoms with Crippen molar-refractivity contribution in [2.24, 2.45) is 11.1 Å². The van der Waals surface area contributed by atoms with Crippen molar-refractivity contribution in [1.29, 1.82) is 0 Å². The third kappa shape index (κ3) is 2.73. The number of hydrogen-bond donors (Lipinski definition) is 1. The molecule has 0 saturated carbocycles. The van der Waals surface area contributed by atoms with Gasteiger partial charge in [0.2, 0.25) is 11.8 Å². The fraction of sp³-hybridized carbons (Fsp3) is 0.529. The lowest BCUT2D eigenvalue weighted by Gasteiger charge is -2.30. The Bertz CT molecular complexity index is 601. The van der Waals surface area contributed by atoms with Gasteiger partial charge in [-0.15, -0.1) is 0 Å². The maximum atomic E-state index is 12.6. The van der Waals surface area contributed by atoms with Gasteiger partial charge in [0.1, 0.15) is 6.54 Å². The van der Waals surface area contributed by atoms with Crippen LogP contribution >= 0.6 is 0 Å². The number of rotatable bonds is 3. The van der Waals surface area contributed by atoms with E-state index in [0.29, 0.717) is 19.5 Å². The van der Waals surface area contributed by atoms with Crippen LogP contribution in [0.25, 0.3) is 0 Å². The number of para-hydroxylation sites is 1. The van der Waals surface area contributed by atoms with Crippen LogP contribution in [0.4, 0.5) is 5.69 Å². The molecule has 2 amide bonds. The van der Waals surface area contributed by atoms with Crippen molar-refractivity contribution in [2.75, 3.05) is 31.1 Å². The number of benzene rings is 1. The van der Waals surface area contributed by atoms with Gasteiger partial charge in [-0.05, 0) is 36.4 Å². The van der Waals surface area contributed by atoms with Crippen molar-refractivity contribution in [3.63, 3.8) is 0 Å². The Morgan fingerprint density at radius 3 is 2.82 bits per heavy atom. The Hall–Kier alpha value is -1.88. The van der Waals surface area contributed by atoms with Crippen LogP contribution in [0.2, 0.25) is 0 Å². The maximum absolute atomic E-state index is 12.6. The summed E-state index contributed by atoms with van der Waals surface area (Å²) >= 11 is 0. The molecule has 0 radical (unpaired) electrons. The normalized spacial score (nSPS) is 24.5. The van der Waals surface area contributed by atoms with E-state index in [2.05, 4.69) is 6.92 Å². The number of carbonyl (C=O) groups excluding carboxylic acids is 2. The molecule has 1 aromatic rings. The van der Waals surface area contributed by atoms with Crippen LogP contribution in [0, 0.1) is 5.41 Å². The van der Waals surface area contributed by atoms with Gasteiger partial charge in [0.05, 0.1) is 0 Å². The van der Waals surface area contributed by atoms with Gasteiger partial charge in [0.25, 0.3) is 0 Å². The van der Waals surface area contributed by atoms with E-state index in [9.17, 15) is 9.59 Å². The topological polar surface area (TPSA) is 66.6 Å². The van der Waals surface area contributed by atoms with Gasteiger partial charge in [0.15, 0.2) is 0 Å². The highest BCUT2D eigenvalue weighted by Crippen LogP contribution is 2.30. The number of aryl methyl sites for hydroxylation is 1. The lowest BCUT2D eigenvalue weighted by molar-refractivity contribution is -0.131. The average Bonchev–Trinajstić information content (AvgIpc) is 2.93. The highest BCUT2D eigenvalue weighted by molar-refractivity contribution is 6.01. The molecule has 5 nitrogen and oxygen atoms in total. The molecule has 1 fully saturated rings. The molecule has 5 heteroatoms. The highest BCUT2D eigenvalue weighted by Gasteiger charge is 2.36. The number of fused-ring (bicyclic) bond motifs is 1. The van der Waals surface area contributed by atoms with Crippen LogP contribution in [-0.2, 0) is 16.0 Å². The summed E-state index contributed by atoms with van der Waals surface area (Å²) in [6.45, 7) is 4.25. The second-order valence-corrected chi connectivity index (χ2v) is 6.69. The van der Waals surface area contributed by atoms with E-state index < -0.39 is 0 Å². The largest absolute Gasteiger partial charge is 0.341 e. The van der Waals surface area contributed by atoms with Crippen LogP contribution in [0.15, 0.2) is 24.3 Å². The van der Waals surface area contributed by atoms with Crippen LogP contribution in [-0.4, -0.2) is 42.9 Å². The van der Waals surface area contributed by atoms with Crippen molar-refractivity contribution in [3.05, 3.63) is 29.8 Å². The van der Waals surface area contributed by atoms with Gasteiger partial charge < -0.3 is 15.5 Å². The Morgan fingerprint density at radius 1 is 1.32 bits per heavy atom. The Morgan fingerprint density at radius 2 is 2.09 bits per heavy atom. The molecule has 0 bridgehead atoms. The number of likely N-dealkylation sites (tertiary alicyclic amines) is 1. The fourth-order valence-corrected chi connectivity index (χ4v) is 3.31. The molecule has 118 valence electrons. The summed E-state index contributed by atoms with van der Waals surface area (Å²) < 4.78 is 0. The molecule has 22 heavy (non-hydrogen) atoms. The van der Waals surface area contributed by atoms with E-state index in [1.807, 2.05) is 29.2 Å². The standard InChI is InChI=1S/C17H23N3O2/c1-17(11-18)8-9-19(12-17)16(22)10-20-14-5-3-2-4-13(14)6-7-15(20)21/h2-5H,6-12,18H2,1H3. The van der Waals surface area contributed by atoms with E-state index in [-0.39, 0.29) is 23.8 Å². The number of hydrogen-bond acceptors (Lipinski definition) is 3. The summed E-state index contributed by atoms with van der Waals surface area (Å²) in [7, 11) is 0. The molecule has 1 atom stereocenters. The number of anilines is 1. The van der Waals surface area contributed by atoms with Gasteiger partial charge >= 0.3 is 0 Å². The van der Waals surface area contributed by atoms with Gasteiger partial charge in [-0.3, -0.25) is 9.59 Å². The molecular formula is C17H23N3O2. The summed E-state index contributed by atoms with van der Waals surface area (Å²) in [5.74, 6) is 0.0510. The predicted octanol–water partition coefficient (Wildman–Crippen LogP) is 1.16. The minimum absolute atomic E-state index is 0.0134. The number of nitrogens with two attached hydrogens (primary N) is 1. The minimum atomic E-state index is 0.0134. The third-order valence-corrected chi connectivity index (χ3v) is 4.89. The SMILES string of the molecule is CC1(CN)CCN(C(=O)CN2C(=O)CCc3ccccc32)C1. The second-order valence-electron chi connectivity index (χ2n) is 6.69. The van der Waals surface area contributed by atoms with Gasteiger partial charge in [-0.1, -0.05) is 25.1 Å². The lowest BCUT2D eigenvalue weighted by atomic mass is 9.90. The first kappa shape index (κ1) is 15.0. The highest BCUT2D eigenvalue weighted by atomic mass is 16.2. The van der Waals surface area contributed by atoms with E-state index in [1.54, 1.807) is 4.90 Å². The van der Waals surface area contributed by atoms with E-state index in [4.69, 9.17) is 5.73 Å². The molecule has 2 N–H and O–H groups in total. The summed E-state index contributed by atoms with van der Waals surface area (Å²) in [5.41, 5.74) is 7.83. The molecule has 1 saturated heterocycles. The minimum Gasteiger partial charge on any atom is -0.341 e. The summed E-state index contributed by atoms with van der Waals surface area (Å²) in [6, 6.07) is 7.84. The molecule has 2 aliphatic heterocycles. The Labute approximate surface area is 131 Å². The van der Waals surface area contributed by atoms with Crippen LogP contribution in [0.3, 0.4) is 0 Å². The Balaban J connectivity index is 1.73. The zero-order chi connectivity index (χ0) is 15.7. The zero-order valence-corrected chi connectivity index (χ0v) is 13.0. The molecule has 2 aliphatic rings. The van der Waals surface area contributed by atoms with Gasteiger partial charge in [-0.2, -0.15) is 0 Å². The molecule has 0 aliphatic carbocycles. The number of amides is 2. The van der Waals surface area contributed by atoms with Crippen LogP contribution in [0.5, 0.6) is 0 Å². The van der Waals surface area contributed by atoms with Crippen LogP contribution in [0.1, 0.15) is 25.3 Å². The quantitative estimate of drug-likeness (QED) is 0.911. The van der Waals surface area contributed by atoms with Gasteiger partial charge in [-0.25, -0.2) is 0 Å². The summed E-state index contributed by atoms with van der Waals surface area (Å²) in [5, 5.41) is 0. The zero-order valence-electron chi connectivity index (χ0n) is 13.0. The average molecular weight is 301 g/mol. The predicted molar refractivity (Wildman–Crippen MR) is 85.5 cm³/mol. The molecule has 2 heterocycles. The monoisotopic (exact) mass is 301 g/mol. The Kier molecular flexibility index (Phi) is 3.91. The maximum Gasteiger partial charge on any atom is 0.242 e. The summed E-state index contributed by atoms with van der Waals surface area (Å²) in [6.07, 6.45) is 2.17.